The fraction of sp³-hybridized carbons (Fsp3) is 0.857. The number of nitriles is 1. The maximum Gasteiger partial charge on any atom is 0.128 e. The fourth-order valence-corrected chi connectivity index (χ4v) is 2.09. The van der Waals surface area contributed by atoms with Gasteiger partial charge in [0.1, 0.15) is 4.33 Å². The van der Waals surface area contributed by atoms with Crippen molar-refractivity contribution in [2.24, 2.45) is 11.3 Å². The van der Waals surface area contributed by atoms with E-state index in [1.165, 1.54) is 0 Å². The minimum absolute atomic E-state index is 0.0775. The molecule has 1 aliphatic carbocycles. The molecule has 10 heavy (non-hydrogen) atoms. The molecule has 1 aliphatic rings. The molecule has 0 amide bonds. The highest BCUT2D eigenvalue weighted by molar-refractivity contribution is 6.51. The SMILES string of the molecule is CC1(C)C(CC#N)C1(Cl)Cl. The highest BCUT2D eigenvalue weighted by atomic mass is 35.5. The molecule has 1 atom stereocenters. The number of rotatable bonds is 1. The van der Waals surface area contributed by atoms with Crippen molar-refractivity contribution in [3.8, 4) is 6.07 Å². The van der Waals surface area contributed by atoms with Crippen LogP contribution in [0.5, 0.6) is 0 Å². The van der Waals surface area contributed by atoms with Gasteiger partial charge in [-0.1, -0.05) is 13.8 Å². The van der Waals surface area contributed by atoms with Gasteiger partial charge in [-0.2, -0.15) is 5.26 Å². The second kappa shape index (κ2) is 2.03. The summed E-state index contributed by atoms with van der Waals surface area (Å²) in [5.74, 6) is 0.147. The van der Waals surface area contributed by atoms with Crippen molar-refractivity contribution in [2.75, 3.05) is 0 Å². The Balaban J connectivity index is 2.65. The van der Waals surface area contributed by atoms with Gasteiger partial charge in [-0.15, -0.1) is 23.2 Å². The van der Waals surface area contributed by atoms with Crippen LogP contribution in [-0.4, -0.2) is 4.33 Å². The molecule has 0 aromatic rings. The van der Waals surface area contributed by atoms with E-state index in [0.717, 1.165) is 0 Å². The van der Waals surface area contributed by atoms with Gasteiger partial charge in [0, 0.05) is 17.8 Å². The first-order chi connectivity index (χ1) is 4.44. The molecule has 0 aromatic heterocycles. The van der Waals surface area contributed by atoms with Crippen LogP contribution in [0.1, 0.15) is 20.3 Å². The van der Waals surface area contributed by atoms with E-state index >= 15 is 0 Å². The fourth-order valence-electron chi connectivity index (χ4n) is 1.23. The topological polar surface area (TPSA) is 23.8 Å². The summed E-state index contributed by atoms with van der Waals surface area (Å²) in [6, 6.07) is 2.07. The summed E-state index contributed by atoms with van der Waals surface area (Å²) in [6.45, 7) is 3.96. The first-order valence-electron chi connectivity index (χ1n) is 3.19. The lowest BCUT2D eigenvalue weighted by molar-refractivity contribution is 0.563. The van der Waals surface area contributed by atoms with Crippen LogP contribution in [-0.2, 0) is 0 Å². The van der Waals surface area contributed by atoms with Crippen LogP contribution >= 0.6 is 23.2 Å². The Morgan fingerprint density at radius 1 is 1.50 bits per heavy atom. The van der Waals surface area contributed by atoms with Crippen LogP contribution in [0.4, 0.5) is 0 Å². The standard InChI is InChI=1S/C7H9Cl2N/c1-6(2)5(3-4-10)7(6,8)9/h5H,3H2,1-2H3. The third-order valence-corrected chi connectivity index (χ3v) is 3.88. The maximum absolute atomic E-state index is 8.37. The van der Waals surface area contributed by atoms with Gasteiger partial charge in [0.05, 0.1) is 6.07 Å². The van der Waals surface area contributed by atoms with E-state index in [-0.39, 0.29) is 11.3 Å². The molecule has 0 aromatic carbocycles. The minimum atomic E-state index is -0.664. The second-order valence-electron chi connectivity index (χ2n) is 3.26. The Hall–Kier alpha value is 0.0700. The largest absolute Gasteiger partial charge is 0.198 e. The van der Waals surface area contributed by atoms with E-state index in [0.29, 0.717) is 6.42 Å². The Morgan fingerprint density at radius 3 is 2.00 bits per heavy atom. The molecule has 0 bridgehead atoms. The smallest absolute Gasteiger partial charge is 0.128 e. The van der Waals surface area contributed by atoms with Crippen LogP contribution in [0.3, 0.4) is 0 Å². The van der Waals surface area contributed by atoms with Crippen LogP contribution in [0.2, 0.25) is 0 Å². The van der Waals surface area contributed by atoms with Crippen LogP contribution in [0.25, 0.3) is 0 Å². The predicted molar refractivity (Wildman–Crippen MR) is 41.9 cm³/mol. The maximum atomic E-state index is 8.37. The average molecular weight is 178 g/mol. The number of nitrogens with zero attached hydrogens (tertiary/aromatic N) is 1. The highest BCUT2D eigenvalue weighted by Gasteiger charge is 2.69. The molecule has 0 N–H and O–H groups in total. The van der Waals surface area contributed by atoms with Gasteiger partial charge in [-0.05, 0) is 0 Å². The minimum Gasteiger partial charge on any atom is -0.198 e. The van der Waals surface area contributed by atoms with Crippen molar-refractivity contribution in [1.29, 1.82) is 5.26 Å². The lowest BCUT2D eigenvalue weighted by Gasteiger charge is -1.99. The molecule has 0 radical (unpaired) electrons. The summed E-state index contributed by atoms with van der Waals surface area (Å²) < 4.78 is -0.664. The van der Waals surface area contributed by atoms with Crippen LogP contribution in [0.15, 0.2) is 0 Å². The zero-order chi connectivity index (χ0) is 7.99. The first-order valence-corrected chi connectivity index (χ1v) is 3.95. The van der Waals surface area contributed by atoms with Crippen molar-refractivity contribution >= 4 is 23.2 Å². The number of hydrogen-bond donors (Lipinski definition) is 0. The molecule has 0 heterocycles. The van der Waals surface area contributed by atoms with Crippen LogP contribution in [0, 0.1) is 22.7 Å². The van der Waals surface area contributed by atoms with E-state index in [4.69, 9.17) is 28.5 Å². The number of alkyl halides is 2. The Labute approximate surface area is 70.9 Å². The molecule has 1 unspecified atom stereocenters. The normalized spacial score (nSPS) is 32.9. The lowest BCUT2D eigenvalue weighted by atomic mass is 10.1. The Bertz CT molecular complexity index is 176. The average Bonchev–Trinajstić information content (AvgIpc) is 2.13. The molecule has 0 spiro atoms. The van der Waals surface area contributed by atoms with Crippen molar-refractivity contribution in [3.63, 3.8) is 0 Å². The van der Waals surface area contributed by atoms with Crippen molar-refractivity contribution in [3.05, 3.63) is 0 Å². The summed E-state index contributed by atoms with van der Waals surface area (Å²) in [5, 5.41) is 8.37. The quantitative estimate of drug-likeness (QED) is 0.566. The Kier molecular flexibility index (Phi) is 1.66. The van der Waals surface area contributed by atoms with E-state index in [9.17, 15) is 0 Å². The molecule has 0 aliphatic heterocycles. The molecule has 0 saturated heterocycles. The first kappa shape index (κ1) is 8.17. The van der Waals surface area contributed by atoms with Crippen molar-refractivity contribution < 1.29 is 0 Å². The highest BCUT2D eigenvalue weighted by Crippen LogP contribution is 2.69. The summed E-state index contributed by atoms with van der Waals surface area (Å²) in [4.78, 5) is 0. The predicted octanol–water partition coefficient (Wildman–Crippen LogP) is 2.73. The molecule has 1 saturated carbocycles. The van der Waals surface area contributed by atoms with E-state index < -0.39 is 4.33 Å². The second-order valence-corrected chi connectivity index (χ2v) is 4.65. The zero-order valence-electron chi connectivity index (χ0n) is 5.99. The molecule has 1 fully saturated rings. The summed E-state index contributed by atoms with van der Waals surface area (Å²) in [6.07, 6.45) is 0.458. The van der Waals surface area contributed by atoms with Crippen molar-refractivity contribution in [1.82, 2.24) is 0 Å². The van der Waals surface area contributed by atoms with Gasteiger partial charge in [0.2, 0.25) is 0 Å². The van der Waals surface area contributed by atoms with E-state index in [1.54, 1.807) is 0 Å². The molecular formula is C7H9Cl2N. The third-order valence-electron chi connectivity index (χ3n) is 2.38. The summed E-state index contributed by atoms with van der Waals surface area (Å²) in [5.41, 5.74) is -0.0775. The molecule has 1 rings (SSSR count). The monoisotopic (exact) mass is 177 g/mol. The third kappa shape index (κ3) is 0.828. The lowest BCUT2D eigenvalue weighted by Crippen LogP contribution is -1.96. The van der Waals surface area contributed by atoms with Gasteiger partial charge in [-0.3, -0.25) is 0 Å². The number of hydrogen-bond acceptors (Lipinski definition) is 1. The zero-order valence-corrected chi connectivity index (χ0v) is 7.50. The van der Waals surface area contributed by atoms with E-state index in [1.807, 2.05) is 13.8 Å². The Morgan fingerprint density at radius 2 is 1.90 bits per heavy atom. The van der Waals surface area contributed by atoms with Gasteiger partial charge in [0.15, 0.2) is 0 Å². The molecule has 3 heteroatoms. The van der Waals surface area contributed by atoms with Gasteiger partial charge in [-0.25, -0.2) is 0 Å². The summed E-state index contributed by atoms with van der Waals surface area (Å²) in [7, 11) is 0. The van der Waals surface area contributed by atoms with Crippen LogP contribution < -0.4 is 0 Å². The van der Waals surface area contributed by atoms with Gasteiger partial charge in [0.25, 0.3) is 0 Å². The molecular weight excluding hydrogens is 169 g/mol. The van der Waals surface area contributed by atoms with Gasteiger partial charge >= 0.3 is 0 Å². The number of halogens is 2. The molecule has 1 nitrogen and oxygen atoms in total. The van der Waals surface area contributed by atoms with Gasteiger partial charge < -0.3 is 0 Å². The van der Waals surface area contributed by atoms with Crippen molar-refractivity contribution in [2.45, 2.75) is 24.6 Å². The summed E-state index contributed by atoms with van der Waals surface area (Å²) >= 11 is 11.8. The molecule has 56 valence electrons. The van der Waals surface area contributed by atoms with E-state index in [2.05, 4.69) is 6.07 Å².